The summed E-state index contributed by atoms with van der Waals surface area (Å²) in [6.45, 7) is 2.62. The van der Waals surface area contributed by atoms with Crippen molar-refractivity contribution in [2.75, 3.05) is 13.1 Å². The van der Waals surface area contributed by atoms with E-state index in [-0.39, 0.29) is 11.7 Å². The number of hydrogen-bond donors (Lipinski definition) is 1. The quantitative estimate of drug-likeness (QED) is 0.290. The Bertz CT molecular complexity index is 579. The number of nitrogens with one attached hydrogen (secondary N) is 1. The van der Waals surface area contributed by atoms with Gasteiger partial charge in [-0.15, -0.1) is 0 Å². The van der Waals surface area contributed by atoms with Crippen LogP contribution in [0.1, 0.15) is 17.3 Å². The highest BCUT2D eigenvalue weighted by Crippen LogP contribution is 2.13. The van der Waals surface area contributed by atoms with E-state index in [9.17, 15) is 14.9 Å². The van der Waals surface area contributed by atoms with E-state index in [0.29, 0.717) is 24.3 Å². The number of benzene rings is 1. The van der Waals surface area contributed by atoms with Crippen LogP contribution in [0.25, 0.3) is 0 Å². The highest BCUT2D eigenvalue weighted by atomic mass is 16.7. The lowest BCUT2D eigenvalue weighted by Crippen LogP contribution is -2.29. The molecule has 0 atom stereocenters. The van der Waals surface area contributed by atoms with Gasteiger partial charge in [-0.25, -0.2) is 15.1 Å². The fourth-order valence-electron chi connectivity index (χ4n) is 1.70. The molecular formula is C12H13N5O3. The van der Waals surface area contributed by atoms with E-state index >= 15 is 0 Å². The number of hydrazone groups is 1. The van der Waals surface area contributed by atoms with Gasteiger partial charge in [-0.3, -0.25) is 9.69 Å². The summed E-state index contributed by atoms with van der Waals surface area (Å²) in [6, 6.07) is 6.79. The number of nitrogens with zero attached hydrogens (tertiary/aromatic N) is 4. The van der Waals surface area contributed by atoms with Crippen molar-refractivity contribution < 1.29 is 9.83 Å². The Hall–Kier alpha value is -2.77. The van der Waals surface area contributed by atoms with E-state index in [1.165, 1.54) is 13.3 Å². The molecule has 1 aliphatic heterocycles. The molecule has 1 saturated heterocycles. The number of ketones is 1. The Morgan fingerprint density at radius 3 is 2.75 bits per heavy atom. The number of guanidine groups is 1. The third-order valence-electron chi connectivity index (χ3n) is 2.70. The van der Waals surface area contributed by atoms with Gasteiger partial charge in [0.15, 0.2) is 10.8 Å². The SMILES string of the molecule is CC(=O)c1ccc(N=CN2CCN/C2=N/[N+](=O)[O-])cc1. The van der Waals surface area contributed by atoms with Crippen LogP contribution in [0.15, 0.2) is 34.4 Å². The molecule has 0 spiro atoms. The summed E-state index contributed by atoms with van der Waals surface area (Å²) >= 11 is 0. The molecule has 1 heterocycles. The lowest BCUT2D eigenvalue weighted by atomic mass is 10.1. The first kappa shape index (κ1) is 13.7. The van der Waals surface area contributed by atoms with Crippen molar-refractivity contribution in [3.05, 3.63) is 39.9 Å². The second-order valence-corrected chi connectivity index (χ2v) is 4.13. The van der Waals surface area contributed by atoms with E-state index < -0.39 is 5.03 Å². The molecule has 0 aromatic heterocycles. The van der Waals surface area contributed by atoms with Crippen LogP contribution in [-0.2, 0) is 0 Å². The highest BCUT2D eigenvalue weighted by molar-refractivity contribution is 5.94. The van der Waals surface area contributed by atoms with Gasteiger partial charge in [0.05, 0.1) is 12.0 Å². The molecule has 1 N–H and O–H groups in total. The van der Waals surface area contributed by atoms with Crippen LogP contribution < -0.4 is 5.32 Å². The van der Waals surface area contributed by atoms with Crippen molar-refractivity contribution in [1.29, 1.82) is 0 Å². The lowest BCUT2D eigenvalue weighted by Gasteiger charge is -2.07. The minimum absolute atomic E-state index is 0.00956. The van der Waals surface area contributed by atoms with Crippen molar-refractivity contribution in [2.45, 2.75) is 6.92 Å². The summed E-state index contributed by atoms with van der Waals surface area (Å²) in [4.78, 5) is 27.2. The van der Waals surface area contributed by atoms with E-state index in [1.807, 2.05) is 0 Å². The lowest BCUT2D eigenvalue weighted by molar-refractivity contribution is -0.485. The van der Waals surface area contributed by atoms with Gasteiger partial charge in [-0.05, 0) is 31.2 Å². The zero-order valence-corrected chi connectivity index (χ0v) is 10.8. The zero-order valence-electron chi connectivity index (χ0n) is 10.8. The molecule has 104 valence electrons. The fraction of sp³-hybridized carbons (Fsp3) is 0.250. The Labute approximate surface area is 115 Å². The minimum Gasteiger partial charge on any atom is -0.349 e. The van der Waals surface area contributed by atoms with Gasteiger partial charge >= 0.3 is 0 Å². The molecule has 0 saturated carbocycles. The number of carbonyl (C=O) groups is 1. The second-order valence-electron chi connectivity index (χ2n) is 4.13. The Morgan fingerprint density at radius 1 is 1.45 bits per heavy atom. The third kappa shape index (κ3) is 3.37. The predicted molar refractivity (Wildman–Crippen MR) is 73.7 cm³/mol. The van der Waals surface area contributed by atoms with Crippen molar-refractivity contribution in [2.24, 2.45) is 10.1 Å². The van der Waals surface area contributed by atoms with Crippen LogP contribution in [0.3, 0.4) is 0 Å². The maximum absolute atomic E-state index is 11.1. The average Bonchev–Trinajstić information content (AvgIpc) is 2.83. The average molecular weight is 275 g/mol. The van der Waals surface area contributed by atoms with Crippen molar-refractivity contribution >= 4 is 23.8 Å². The molecule has 2 rings (SSSR count). The molecular weight excluding hydrogens is 262 g/mol. The molecule has 1 aromatic rings. The minimum atomic E-state index is -0.754. The number of Topliss-reactive ketones (excluding diaryl/α,β-unsaturated/α-hetero) is 1. The van der Waals surface area contributed by atoms with E-state index in [4.69, 9.17) is 0 Å². The standard InChI is InChI=1S/C12H13N5O3/c1-9(18)10-2-4-11(5-3-10)14-8-16-7-6-13-12(16)15-17(19)20/h2-5,8H,6-7H2,1H3,(H,13,15). The summed E-state index contributed by atoms with van der Waals surface area (Å²) in [7, 11) is 0. The summed E-state index contributed by atoms with van der Waals surface area (Å²) in [5.74, 6) is 0.156. The first-order chi connectivity index (χ1) is 9.56. The molecule has 0 aliphatic carbocycles. The van der Waals surface area contributed by atoms with Crippen molar-refractivity contribution in [3.8, 4) is 0 Å². The molecule has 0 radical (unpaired) electrons. The van der Waals surface area contributed by atoms with Gasteiger partial charge in [0.25, 0.3) is 5.96 Å². The van der Waals surface area contributed by atoms with Crippen molar-refractivity contribution in [1.82, 2.24) is 10.2 Å². The Balaban J connectivity index is 2.09. The molecule has 0 amide bonds. The molecule has 8 heteroatoms. The van der Waals surface area contributed by atoms with E-state index in [2.05, 4.69) is 15.4 Å². The first-order valence-corrected chi connectivity index (χ1v) is 5.95. The maximum Gasteiger partial charge on any atom is 0.276 e. The van der Waals surface area contributed by atoms with Crippen LogP contribution in [0, 0.1) is 10.1 Å². The summed E-state index contributed by atoms with van der Waals surface area (Å²) < 4.78 is 0. The van der Waals surface area contributed by atoms with Crippen LogP contribution in [-0.4, -0.2) is 41.1 Å². The molecule has 0 unspecified atom stereocenters. The monoisotopic (exact) mass is 275 g/mol. The maximum atomic E-state index is 11.1. The number of carbonyl (C=O) groups excluding carboxylic acids is 1. The number of aliphatic imine (C=N–C) groups is 1. The molecule has 1 aromatic carbocycles. The molecule has 1 fully saturated rings. The second kappa shape index (κ2) is 5.91. The number of hydrogen-bond acceptors (Lipinski definition) is 4. The predicted octanol–water partition coefficient (Wildman–Crippen LogP) is 1.00. The van der Waals surface area contributed by atoms with E-state index in [0.717, 1.165) is 0 Å². The largest absolute Gasteiger partial charge is 0.349 e. The fourth-order valence-corrected chi connectivity index (χ4v) is 1.70. The van der Waals surface area contributed by atoms with Gasteiger partial charge in [-0.2, -0.15) is 0 Å². The van der Waals surface area contributed by atoms with Crippen LogP contribution in [0.4, 0.5) is 5.69 Å². The summed E-state index contributed by atoms with van der Waals surface area (Å²) in [5, 5.41) is 15.6. The number of nitro groups is 1. The molecule has 1 aliphatic rings. The topological polar surface area (TPSA) is 100 Å². The van der Waals surface area contributed by atoms with Crippen LogP contribution >= 0.6 is 0 Å². The van der Waals surface area contributed by atoms with Crippen LogP contribution in [0.2, 0.25) is 0 Å². The van der Waals surface area contributed by atoms with Gasteiger partial charge in [0.2, 0.25) is 0 Å². The van der Waals surface area contributed by atoms with E-state index in [1.54, 1.807) is 29.2 Å². The molecule has 20 heavy (non-hydrogen) atoms. The summed E-state index contributed by atoms with van der Waals surface area (Å²) in [5.41, 5.74) is 1.27. The Kier molecular flexibility index (Phi) is 4.04. The van der Waals surface area contributed by atoms with Gasteiger partial charge < -0.3 is 5.32 Å². The Morgan fingerprint density at radius 2 is 2.15 bits per heavy atom. The van der Waals surface area contributed by atoms with Gasteiger partial charge in [-0.1, -0.05) is 0 Å². The molecule has 8 nitrogen and oxygen atoms in total. The van der Waals surface area contributed by atoms with Crippen LogP contribution in [0.5, 0.6) is 0 Å². The van der Waals surface area contributed by atoms with Crippen molar-refractivity contribution in [3.63, 3.8) is 0 Å². The molecule has 0 bridgehead atoms. The number of rotatable bonds is 4. The first-order valence-electron chi connectivity index (χ1n) is 5.95. The normalized spacial score (nSPS) is 16.6. The van der Waals surface area contributed by atoms with Gasteiger partial charge in [0, 0.05) is 18.7 Å². The smallest absolute Gasteiger partial charge is 0.276 e. The third-order valence-corrected chi connectivity index (χ3v) is 2.70. The zero-order chi connectivity index (χ0) is 14.5. The summed E-state index contributed by atoms with van der Waals surface area (Å²) in [6.07, 6.45) is 1.48. The van der Waals surface area contributed by atoms with Gasteiger partial charge in [0.1, 0.15) is 5.10 Å². The highest BCUT2D eigenvalue weighted by Gasteiger charge is 2.19.